The second-order valence-corrected chi connectivity index (χ2v) is 5.10. The van der Waals surface area contributed by atoms with Crippen LogP contribution < -0.4 is 5.32 Å². The van der Waals surface area contributed by atoms with Crippen LogP contribution in [0, 0.1) is 5.92 Å². The highest BCUT2D eigenvalue weighted by atomic mass is 16.5. The molecule has 1 N–H and O–H groups in total. The summed E-state index contributed by atoms with van der Waals surface area (Å²) in [5.41, 5.74) is 0. The fourth-order valence-corrected chi connectivity index (χ4v) is 2.34. The molecule has 1 aliphatic rings. The highest BCUT2D eigenvalue weighted by Crippen LogP contribution is 2.14. The van der Waals surface area contributed by atoms with Crippen LogP contribution in [0.15, 0.2) is 0 Å². The molecule has 0 saturated carbocycles. The van der Waals surface area contributed by atoms with Gasteiger partial charge in [-0.3, -0.25) is 0 Å². The summed E-state index contributed by atoms with van der Waals surface area (Å²) < 4.78 is 5.86. The van der Waals surface area contributed by atoms with Crippen molar-refractivity contribution in [2.24, 2.45) is 5.92 Å². The summed E-state index contributed by atoms with van der Waals surface area (Å²) in [7, 11) is 0. The van der Waals surface area contributed by atoms with E-state index in [1.165, 1.54) is 51.5 Å². The van der Waals surface area contributed by atoms with Gasteiger partial charge in [-0.1, -0.05) is 39.5 Å². The molecule has 16 heavy (non-hydrogen) atoms. The highest BCUT2D eigenvalue weighted by molar-refractivity contribution is 4.71. The van der Waals surface area contributed by atoms with Gasteiger partial charge in [-0.25, -0.2) is 0 Å². The molecule has 0 spiro atoms. The molecule has 0 aromatic rings. The SMILES string of the molecule is CCCCC(CC)COCC1CCCCN1. The molecular formula is C14H29NO. The van der Waals surface area contributed by atoms with Crippen LogP contribution >= 0.6 is 0 Å². The maximum atomic E-state index is 5.86. The topological polar surface area (TPSA) is 21.3 Å². The minimum atomic E-state index is 0.623. The van der Waals surface area contributed by atoms with Gasteiger partial charge in [-0.2, -0.15) is 0 Å². The van der Waals surface area contributed by atoms with E-state index in [9.17, 15) is 0 Å². The van der Waals surface area contributed by atoms with Crippen LogP contribution in [0.25, 0.3) is 0 Å². The Kier molecular flexibility index (Phi) is 7.87. The second kappa shape index (κ2) is 9.00. The zero-order valence-electron chi connectivity index (χ0n) is 11.1. The summed E-state index contributed by atoms with van der Waals surface area (Å²) in [5, 5.41) is 3.53. The van der Waals surface area contributed by atoms with Crippen molar-refractivity contribution < 1.29 is 4.74 Å². The van der Waals surface area contributed by atoms with Gasteiger partial charge in [0, 0.05) is 12.6 Å². The van der Waals surface area contributed by atoms with Gasteiger partial charge >= 0.3 is 0 Å². The molecule has 2 unspecified atom stereocenters. The van der Waals surface area contributed by atoms with Gasteiger partial charge in [-0.15, -0.1) is 0 Å². The van der Waals surface area contributed by atoms with Gasteiger partial charge in [0.1, 0.15) is 0 Å². The molecule has 0 radical (unpaired) electrons. The molecule has 0 aromatic heterocycles. The van der Waals surface area contributed by atoms with Crippen molar-refractivity contribution in [3.05, 3.63) is 0 Å². The molecule has 2 nitrogen and oxygen atoms in total. The number of hydrogen-bond acceptors (Lipinski definition) is 2. The van der Waals surface area contributed by atoms with Crippen molar-refractivity contribution in [3.8, 4) is 0 Å². The quantitative estimate of drug-likeness (QED) is 0.686. The highest BCUT2D eigenvalue weighted by Gasteiger charge is 2.13. The Morgan fingerprint density at radius 1 is 1.31 bits per heavy atom. The lowest BCUT2D eigenvalue weighted by molar-refractivity contribution is 0.0710. The van der Waals surface area contributed by atoms with Crippen LogP contribution in [-0.4, -0.2) is 25.8 Å². The molecule has 96 valence electrons. The molecule has 0 amide bonds. The predicted molar refractivity (Wildman–Crippen MR) is 69.8 cm³/mol. The lowest BCUT2D eigenvalue weighted by Crippen LogP contribution is -2.37. The summed E-state index contributed by atoms with van der Waals surface area (Å²) in [6.07, 6.45) is 9.26. The molecule has 2 heteroatoms. The van der Waals surface area contributed by atoms with Crippen molar-refractivity contribution >= 4 is 0 Å². The zero-order valence-corrected chi connectivity index (χ0v) is 11.1. The van der Waals surface area contributed by atoms with Crippen molar-refractivity contribution in [3.63, 3.8) is 0 Å². The number of piperidine rings is 1. The first kappa shape index (κ1) is 14.0. The zero-order chi connectivity index (χ0) is 11.6. The Hall–Kier alpha value is -0.0800. The van der Waals surface area contributed by atoms with Crippen LogP contribution in [0.4, 0.5) is 0 Å². The molecule has 1 saturated heterocycles. The predicted octanol–water partition coefficient (Wildman–Crippen LogP) is 3.36. The molecule has 1 heterocycles. The first-order valence-electron chi connectivity index (χ1n) is 7.18. The van der Waals surface area contributed by atoms with E-state index in [0.717, 1.165) is 19.1 Å². The molecule has 1 rings (SSSR count). The average molecular weight is 227 g/mol. The molecule has 0 aliphatic carbocycles. The molecule has 0 bridgehead atoms. The number of ether oxygens (including phenoxy) is 1. The normalized spacial score (nSPS) is 23.2. The van der Waals surface area contributed by atoms with E-state index in [2.05, 4.69) is 19.2 Å². The Labute approximate surface area is 101 Å². The van der Waals surface area contributed by atoms with E-state index in [1.807, 2.05) is 0 Å². The molecule has 2 atom stereocenters. The monoisotopic (exact) mass is 227 g/mol. The lowest BCUT2D eigenvalue weighted by atomic mass is 10.0. The Balaban J connectivity index is 2.02. The molecule has 0 aromatic carbocycles. The summed E-state index contributed by atoms with van der Waals surface area (Å²) in [6.45, 7) is 7.61. The van der Waals surface area contributed by atoms with Crippen LogP contribution in [0.1, 0.15) is 58.8 Å². The third kappa shape index (κ3) is 5.86. The fourth-order valence-electron chi connectivity index (χ4n) is 2.34. The maximum absolute atomic E-state index is 5.86. The van der Waals surface area contributed by atoms with Crippen LogP contribution in [0.2, 0.25) is 0 Å². The van der Waals surface area contributed by atoms with Crippen molar-refractivity contribution in [1.29, 1.82) is 0 Å². The third-order valence-electron chi connectivity index (χ3n) is 3.63. The standard InChI is InChI=1S/C14H29NO/c1-3-5-8-13(4-2)11-16-12-14-9-6-7-10-15-14/h13-15H,3-12H2,1-2H3. The fraction of sp³-hybridized carbons (Fsp3) is 1.00. The van der Waals surface area contributed by atoms with Crippen molar-refractivity contribution in [1.82, 2.24) is 5.32 Å². The largest absolute Gasteiger partial charge is 0.380 e. The van der Waals surface area contributed by atoms with Gasteiger partial charge in [0.15, 0.2) is 0 Å². The van der Waals surface area contributed by atoms with Crippen molar-refractivity contribution in [2.75, 3.05) is 19.8 Å². The minimum Gasteiger partial charge on any atom is -0.380 e. The van der Waals surface area contributed by atoms with E-state index in [1.54, 1.807) is 0 Å². The summed E-state index contributed by atoms with van der Waals surface area (Å²) >= 11 is 0. The van der Waals surface area contributed by atoms with E-state index in [4.69, 9.17) is 4.74 Å². The summed E-state index contributed by atoms with van der Waals surface area (Å²) in [5.74, 6) is 0.781. The van der Waals surface area contributed by atoms with Gasteiger partial charge < -0.3 is 10.1 Å². The Bertz CT molecular complexity index is 155. The van der Waals surface area contributed by atoms with Crippen LogP contribution in [0.3, 0.4) is 0 Å². The van der Waals surface area contributed by atoms with E-state index in [-0.39, 0.29) is 0 Å². The van der Waals surface area contributed by atoms with E-state index in [0.29, 0.717) is 6.04 Å². The second-order valence-electron chi connectivity index (χ2n) is 5.10. The minimum absolute atomic E-state index is 0.623. The number of hydrogen-bond donors (Lipinski definition) is 1. The average Bonchev–Trinajstić information content (AvgIpc) is 2.35. The Morgan fingerprint density at radius 3 is 2.81 bits per heavy atom. The van der Waals surface area contributed by atoms with Gasteiger partial charge in [-0.05, 0) is 31.7 Å². The first-order chi connectivity index (χ1) is 7.86. The van der Waals surface area contributed by atoms with Gasteiger partial charge in [0.25, 0.3) is 0 Å². The van der Waals surface area contributed by atoms with Gasteiger partial charge in [0.2, 0.25) is 0 Å². The van der Waals surface area contributed by atoms with Crippen molar-refractivity contribution in [2.45, 2.75) is 64.8 Å². The van der Waals surface area contributed by atoms with Crippen LogP contribution in [0.5, 0.6) is 0 Å². The number of nitrogens with one attached hydrogen (secondary N) is 1. The molecule has 1 fully saturated rings. The summed E-state index contributed by atoms with van der Waals surface area (Å²) in [6, 6.07) is 0.623. The smallest absolute Gasteiger partial charge is 0.0619 e. The Morgan fingerprint density at radius 2 is 2.19 bits per heavy atom. The van der Waals surface area contributed by atoms with Gasteiger partial charge in [0.05, 0.1) is 6.61 Å². The maximum Gasteiger partial charge on any atom is 0.0619 e. The summed E-state index contributed by atoms with van der Waals surface area (Å²) in [4.78, 5) is 0. The lowest BCUT2D eigenvalue weighted by Gasteiger charge is -2.24. The first-order valence-corrected chi connectivity index (χ1v) is 7.18. The van der Waals surface area contributed by atoms with E-state index >= 15 is 0 Å². The van der Waals surface area contributed by atoms with E-state index < -0.39 is 0 Å². The molecule has 1 aliphatic heterocycles. The molecular weight excluding hydrogens is 198 g/mol. The third-order valence-corrected chi connectivity index (χ3v) is 3.63. The number of rotatable bonds is 8. The number of unbranched alkanes of at least 4 members (excludes halogenated alkanes) is 1. The van der Waals surface area contributed by atoms with Crippen LogP contribution in [-0.2, 0) is 4.74 Å².